The van der Waals surface area contributed by atoms with Crippen molar-refractivity contribution in [1.82, 2.24) is 0 Å². The van der Waals surface area contributed by atoms with Crippen molar-refractivity contribution < 1.29 is 0 Å². The number of hydrogen-bond donors (Lipinski definition) is 4. The molecule has 0 unspecified atom stereocenters. The lowest BCUT2D eigenvalue weighted by Crippen LogP contribution is -2.22. The lowest BCUT2D eigenvalue weighted by atomic mass is 10.3. The zero-order chi connectivity index (χ0) is 23.4. The van der Waals surface area contributed by atoms with Gasteiger partial charge in [0.25, 0.3) is 0 Å². The topological polar surface area (TPSA) is 129 Å². The van der Waals surface area contributed by atoms with Crippen LogP contribution in [-0.4, -0.2) is 24.8 Å². The number of aliphatic imine (C=N–C) groups is 2. The van der Waals surface area contributed by atoms with Crippen molar-refractivity contribution in [2.45, 2.75) is 41.5 Å². The van der Waals surface area contributed by atoms with Gasteiger partial charge in [-0.1, -0.05) is 53.4 Å². The molecule has 160 valence electrons. The predicted octanol–water partition coefficient (Wildman–Crippen LogP) is 3.03. The molecule has 0 bridgehead atoms. The van der Waals surface area contributed by atoms with E-state index in [9.17, 15) is 0 Å². The van der Waals surface area contributed by atoms with Gasteiger partial charge in [0.1, 0.15) is 11.7 Å². The summed E-state index contributed by atoms with van der Waals surface area (Å²) < 4.78 is 0. The smallest absolute Gasteiger partial charge is 0.113 e. The molecule has 8 N–H and O–H groups in total. The molecule has 0 saturated heterocycles. The Labute approximate surface area is 174 Å². The van der Waals surface area contributed by atoms with E-state index in [0.717, 1.165) is 11.8 Å². The molecule has 0 fully saturated rings. The van der Waals surface area contributed by atoms with Gasteiger partial charge in [0.05, 0.1) is 13.1 Å². The van der Waals surface area contributed by atoms with Gasteiger partial charge in [-0.05, 0) is 11.8 Å². The molecule has 0 radical (unpaired) electrons. The van der Waals surface area contributed by atoms with E-state index >= 15 is 0 Å². The molecule has 0 amide bonds. The zero-order valence-corrected chi connectivity index (χ0v) is 18.7. The number of amidine groups is 2. The first-order valence-electron chi connectivity index (χ1n) is 8.86. The standard InChI is InChI=1S/C10H16N6.2C4H10.C2H4.C2H2/c11-7-9(13)15-5-3-1-2-4-6-16-10(14)8-12;2*1-4(2)3;2*1-2/h3-6H,7-8,11-12H2,(H2,13,15)(H2,14,16);2*4H,1-3H3;1-2H2;1-2H/b5-3+,6-4+;;;;. The molecule has 0 spiro atoms. The second-order valence-corrected chi connectivity index (χ2v) is 6.03. The van der Waals surface area contributed by atoms with Crippen molar-refractivity contribution in [2.75, 3.05) is 13.1 Å². The van der Waals surface area contributed by atoms with Crippen LogP contribution in [0.4, 0.5) is 0 Å². The third-order valence-electron chi connectivity index (χ3n) is 1.30. The minimum absolute atomic E-state index is 0.227. The van der Waals surface area contributed by atoms with E-state index in [4.69, 9.17) is 22.9 Å². The number of nitrogens with two attached hydrogens (primary N) is 4. The summed E-state index contributed by atoms with van der Waals surface area (Å²) in [5, 5.41) is 0. The van der Waals surface area contributed by atoms with Crippen molar-refractivity contribution in [2.24, 2.45) is 44.8 Å². The molecule has 0 aromatic rings. The average Bonchev–Trinajstić information content (AvgIpc) is 2.65. The average molecular weight is 391 g/mol. The minimum atomic E-state index is 0.227. The Hall–Kier alpha value is -2.80. The maximum absolute atomic E-state index is 5.35. The van der Waals surface area contributed by atoms with Crippen molar-refractivity contribution in [1.29, 1.82) is 0 Å². The van der Waals surface area contributed by atoms with Crippen LogP contribution >= 0.6 is 0 Å². The Kier molecular flexibility index (Phi) is 45.6. The highest BCUT2D eigenvalue weighted by Gasteiger charge is 1.79. The summed E-state index contributed by atoms with van der Waals surface area (Å²) in [5.74, 6) is 7.77. The van der Waals surface area contributed by atoms with Gasteiger partial charge in [-0.2, -0.15) is 0 Å². The first-order chi connectivity index (χ1) is 13.2. The van der Waals surface area contributed by atoms with Crippen LogP contribution in [0.5, 0.6) is 0 Å². The fourth-order valence-corrected chi connectivity index (χ4v) is 0.542. The van der Waals surface area contributed by atoms with E-state index in [1.807, 2.05) is 0 Å². The Morgan fingerprint density at radius 2 is 1.00 bits per heavy atom. The summed E-state index contributed by atoms with van der Waals surface area (Å²) in [7, 11) is 0. The van der Waals surface area contributed by atoms with Crippen molar-refractivity contribution in [3.63, 3.8) is 0 Å². The highest BCUT2D eigenvalue weighted by Crippen LogP contribution is 1.81. The molecule has 0 saturated carbocycles. The first-order valence-corrected chi connectivity index (χ1v) is 8.86. The Balaban J connectivity index is -0.000000121. The van der Waals surface area contributed by atoms with Crippen LogP contribution in [-0.2, 0) is 0 Å². The number of rotatable bonds is 4. The second kappa shape index (κ2) is 35.3. The largest absolute Gasteiger partial charge is 0.386 e. The van der Waals surface area contributed by atoms with Gasteiger partial charge in [-0.25, -0.2) is 9.98 Å². The van der Waals surface area contributed by atoms with Gasteiger partial charge in [0.2, 0.25) is 0 Å². The van der Waals surface area contributed by atoms with Gasteiger partial charge >= 0.3 is 0 Å². The van der Waals surface area contributed by atoms with Gasteiger partial charge in [0.15, 0.2) is 0 Å². The van der Waals surface area contributed by atoms with Crippen LogP contribution in [0.1, 0.15) is 41.5 Å². The maximum atomic E-state index is 5.35. The minimum Gasteiger partial charge on any atom is -0.386 e. The highest BCUT2D eigenvalue weighted by molar-refractivity contribution is 5.83. The van der Waals surface area contributed by atoms with Crippen molar-refractivity contribution in [3.05, 3.63) is 37.7 Å². The van der Waals surface area contributed by atoms with E-state index in [1.54, 1.807) is 12.2 Å². The number of hydrogen-bond acceptors (Lipinski definition) is 4. The Bertz CT molecular complexity index is 455. The van der Waals surface area contributed by atoms with Crippen molar-refractivity contribution in [3.8, 4) is 24.7 Å². The van der Waals surface area contributed by atoms with E-state index in [0.29, 0.717) is 11.7 Å². The summed E-state index contributed by atoms with van der Waals surface area (Å²) in [6.07, 6.45) is 14.0. The van der Waals surface area contributed by atoms with Crippen LogP contribution in [0, 0.1) is 36.5 Å². The molecule has 0 atom stereocenters. The van der Waals surface area contributed by atoms with Gasteiger partial charge in [-0.3, -0.25) is 0 Å². The number of terminal acetylenes is 1. The summed E-state index contributed by atoms with van der Waals surface area (Å²) in [6.45, 7) is 19.5. The van der Waals surface area contributed by atoms with Crippen molar-refractivity contribution >= 4 is 11.7 Å². The van der Waals surface area contributed by atoms with Crippen LogP contribution in [0.3, 0.4) is 0 Å². The summed E-state index contributed by atoms with van der Waals surface area (Å²) in [4.78, 5) is 7.60. The summed E-state index contributed by atoms with van der Waals surface area (Å²) in [6, 6.07) is 0. The lowest BCUT2D eigenvalue weighted by molar-refractivity contribution is 0.736. The molecule has 0 aliphatic heterocycles. The molecule has 0 heterocycles. The molecule has 6 nitrogen and oxygen atoms in total. The summed E-state index contributed by atoms with van der Waals surface area (Å²) in [5.41, 5.74) is 21.1. The molecule has 0 aromatic carbocycles. The van der Waals surface area contributed by atoms with Gasteiger partial charge in [0, 0.05) is 24.6 Å². The first kappa shape index (κ1) is 36.2. The maximum Gasteiger partial charge on any atom is 0.113 e. The van der Waals surface area contributed by atoms with Gasteiger partial charge in [-0.15, -0.1) is 26.0 Å². The molecule has 6 heteroatoms. The Morgan fingerprint density at radius 3 is 1.18 bits per heavy atom. The fraction of sp³-hybridized carbons (Fsp3) is 0.455. The third-order valence-corrected chi connectivity index (χ3v) is 1.30. The lowest BCUT2D eigenvalue weighted by Gasteiger charge is -1.87. The molecule has 0 aromatic heterocycles. The van der Waals surface area contributed by atoms with Gasteiger partial charge < -0.3 is 22.9 Å². The predicted molar refractivity (Wildman–Crippen MR) is 130 cm³/mol. The highest BCUT2D eigenvalue weighted by atomic mass is 14.9. The normalized spacial score (nSPS) is 10.3. The van der Waals surface area contributed by atoms with Crippen LogP contribution in [0.15, 0.2) is 47.7 Å². The molecular formula is C22H42N6. The van der Waals surface area contributed by atoms with Crippen LogP contribution in [0.25, 0.3) is 0 Å². The number of allylic oxidation sites excluding steroid dienone is 2. The molecule has 0 aliphatic carbocycles. The second-order valence-electron chi connectivity index (χ2n) is 6.03. The van der Waals surface area contributed by atoms with E-state index in [2.05, 4.69) is 89.4 Å². The molecule has 28 heavy (non-hydrogen) atoms. The SMILES string of the molecule is C#C.C=C.CC(C)C.CC(C)C.NCC(N)=N/C=C/C#C/C=C/N=C(N)CN. The van der Waals surface area contributed by atoms with Crippen LogP contribution < -0.4 is 22.9 Å². The molecule has 0 aliphatic rings. The fourth-order valence-electron chi connectivity index (χ4n) is 0.542. The van der Waals surface area contributed by atoms with E-state index < -0.39 is 0 Å². The molecular weight excluding hydrogens is 348 g/mol. The Morgan fingerprint density at radius 1 is 0.786 bits per heavy atom. The quantitative estimate of drug-likeness (QED) is 0.254. The summed E-state index contributed by atoms with van der Waals surface area (Å²) >= 11 is 0. The zero-order valence-electron chi connectivity index (χ0n) is 18.7. The number of nitrogens with zero attached hydrogens (tertiary/aromatic N) is 2. The monoisotopic (exact) mass is 390 g/mol. The third kappa shape index (κ3) is 76.8. The van der Waals surface area contributed by atoms with Crippen LogP contribution in [0.2, 0.25) is 0 Å². The molecule has 0 rings (SSSR count). The van der Waals surface area contributed by atoms with E-state index in [-0.39, 0.29) is 13.1 Å². The van der Waals surface area contributed by atoms with E-state index in [1.165, 1.54) is 12.4 Å².